The molecule has 1 N–H and O–H groups in total. The Morgan fingerprint density at radius 2 is 2.11 bits per heavy atom. The average molecular weight is 308 g/mol. The number of nitrogens with zero attached hydrogens (tertiary/aromatic N) is 2. The molecule has 1 fully saturated rings. The summed E-state index contributed by atoms with van der Waals surface area (Å²) in [5, 5.41) is -0.00627. The van der Waals surface area contributed by atoms with Crippen molar-refractivity contribution in [2.75, 3.05) is 13.2 Å². The van der Waals surface area contributed by atoms with E-state index in [9.17, 15) is 8.42 Å². The third-order valence-corrected chi connectivity index (χ3v) is 4.05. The first-order chi connectivity index (χ1) is 8.78. The lowest BCUT2D eigenvalue weighted by Gasteiger charge is -2.17. The molecule has 106 valence electrons. The quantitative estimate of drug-likeness (QED) is 0.817. The van der Waals surface area contributed by atoms with Crippen molar-refractivity contribution in [3.05, 3.63) is 17.7 Å². The molecule has 0 saturated carbocycles. The van der Waals surface area contributed by atoms with E-state index < -0.39 is 15.8 Å². The number of rotatable bonds is 4. The minimum Gasteiger partial charge on any atom is -0.348 e. The van der Waals surface area contributed by atoms with Crippen molar-refractivity contribution in [3.63, 3.8) is 0 Å². The number of nitrogens with one attached hydrogen (secondary N) is 1. The highest BCUT2D eigenvalue weighted by Crippen LogP contribution is 2.22. The number of hydrogen-bond donors (Lipinski definition) is 1. The van der Waals surface area contributed by atoms with Crippen LogP contribution in [0.25, 0.3) is 0 Å². The van der Waals surface area contributed by atoms with Gasteiger partial charge in [0.1, 0.15) is 4.90 Å². The van der Waals surface area contributed by atoms with E-state index in [1.807, 2.05) is 0 Å². The molecule has 0 aromatic carbocycles. The zero-order valence-electron chi connectivity index (χ0n) is 10.5. The van der Waals surface area contributed by atoms with Gasteiger partial charge in [-0.15, -0.1) is 0 Å². The third-order valence-electron chi connectivity index (χ3n) is 2.48. The summed E-state index contributed by atoms with van der Waals surface area (Å²) in [5.74, 6) is -0.681. The summed E-state index contributed by atoms with van der Waals surface area (Å²) in [4.78, 5) is 7.21. The standard InChI is InChI=1S/C10H14ClN3O4S/c1-10(2)17-6-7(18-10)3-14-19(15,16)8-4-12-9(11)13-5-8/h4-5,7,14H,3,6H2,1-2H3. The Labute approximate surface area is 116 Å². The van der Waals surface area contributed by atoms with Gasteiger partial charge in [-0.2, -0.15) is 0 Å². The normalized spacial score (nSPS) is 22.6. The predicted octanol–water partition coefficient (Wildman–Crippen LogP) is 0.560. The molecule has 7 nitrogen and oxygen atoms in total. The minimum absolute atomic E-state index is 0.00627. The fraction of sp³-hybridized carbons (Fsp3) is 0.600. The summed E-state index contributed by atoms with van der Waals surface area (Å²) in [6.07, 6.45) is 1.97. The van der Waals surface area contributed by atoms with Crippen molar-refractivity contribution in [2.24, 2.45) is 0 Å². The summed E-state index contributed by atoms with van der Waals surface area (Å²) in [5.41, 5.74) is 0. The molecule has 0 bridgehead atoms. The van der Waals surface area contributed by atoms with Gasteiger partial charge in [0.25, 0.3) is 0 Å². The number of sulfonamides is 1. The Morgan fingerprint density at radius 3 is 2.63 bits per heavy atom. The van der Waals surface area contributed by atoms with E-state index in [2.05, 4.69) is 14.7 Å². The van der Waals surface area contributed by atoms with Crippen molar-refractivity contribution >= 4 is 21.6 Å². The number of hydrogen-bond acceptors (Lipinski definition) is 6. The molecule has 0 amide bonds. The molecule has 0 aliphatic carbocycles. The first-order valence-corrected chi connectivity index (χ1v) is 7.44. The summed E-state index contributed by atoms with van der Waals surface area (Å²) in [6.45, 7) is 4.00. The molecule has 9 heteroatoms. The molecule has 1 aliphatic rings. The Balaban J connectivity index is 1.97. The van der Waals surface area contributed by atoms with Gasteiger partial charge in [-0.1, -0.05) is 0 Å². The molecule has 2 rings (SSSR count). The van der Waals surface area contributed by atoms with Crippen LogP contribution in [0.3, 0.4) is 0 Å². The molecule has 1 unspecified atom stereocenters. The van der Waals surface area contributed by atoms with Crippen LogP contribution in [0.1, 0.15) is 13.8 Å². The molecule has 0 radical (unpaired) electrons. The molecule has 2 heterocycles. The summed E-state index contributed by atoms with van der Waals surface area (Å²) < 4.78 is 37.1. The molecule has 1 aromatic rings. The maximum atomic E-state index is 11.9. The van der Waals surface area contributed by atoms with Gasteiger partial charge in [-0.25, -0.2) is 23.1 Å². The minimum atomic E-state index is -3.67. The first kappa shape index (κ1) is 14.6. The van der Waals surface area contributed by atoms with Crippen LogP contribution in [0.2, 0.25) is 5.28 Å². The molecule has 1 atom stereocenters. The highest BCUT2D eigenvalue weighted by Gasteiger charge is 2.33. The van der Waals surface area contributed by atoms with Crippen LogP contribution in [0.5, 0.6) is 0 Å². The van der Waals surface area contributed by atoms with Crippen LogP contribution in [-0.2, 0) is 19.5 Å². The van der Waals surface area contributed by atoms with Crippen LogP contribution in [0.15, 0.2) is 17.3 Å². The Bertz CT molecular complexity index is 546. The van der Waals surface area contributed by atoms with Gasteiger partial charge in [0, 0.05) is 6.54 Å². The maximum absolute atomic E-state index is 11.9. The molecule has 0 spiro atoms. The van der Waals surface area contributed by atoms with Gasteiger partial charge in [-0.3, -0.25) is 0 Å². The number of ether oxygens (including phenoxy) is 2. The summed E-state index contributed by atoms with van der Waals surface area (Å²) in [6, 6.07) is 0. The van der Waals surface area contributed by atoms with Gasteiger partial charge in [0.2, 0.25) is 15.3 Å². The highest BCUT2D eigenvalue weighted by molar-refractivity contribution is 7.89. The van der Waals surface area contributed by atoms with E-state index in [-0.39, 0.29) is 22.8 Å². The average Bonchev–Trinajstić information content (AvgIpc) is 2.67. The van der Waals surface area contributed by atoms with E-state index >= 15 is 0 Å². The second kappa shape index (κ2) is 5.29. The molecule has 19 heavy (non-hydrogen) atoms. The zero-order chi connectivity index (χ0) is 14.1. The Morgan fingerprint density at radius 1 is 1.47 bits per heavy atom. The van der Waals surface area contributed by atoms with Crippen molar-refractivity contribution in [1.29, 1.82) is 0 Å². The van der Waals surface area contributed by atoms with Crippen molar-refractivity contribution < 1.29 is 17.9 Å². The van der Waals surface area contributed by atoms with Crippen molar-refractivity contribution in [2.45, 2.75) is 30.6 Å². The van der Waals surface area contributed by atoms with E-state index in [0.29, 0.717) is 6.61 Å². The van der Waals surface area contributed by atoms with Crippen molar-refractivity contribution in [1.82, 2.24) is 14.7 Å². The highest BCUT2D eigenvalue weighted by atomic mass is 35.5. The van der Waals surface area contributed by atoms with Crippen LogP contribution in [0, 0.1) is 0 Å². The maximum Gasteiger partial charge on any atom is 0.243 e. The SMILES string of the molecule is CC1(C)OCC(CNS(=O)(=O)c2cnc(Cl)nc2)O1. The van der Waals surface area contributed by atoms with Gasteiger partial charge in [-0.05, 0) is 25.4 Å². The van der Waals surface area contributed by atoms with Crippen molar-refractivity contribution in [3.8, 4) is 0 Å². The summed E-state index contributed by atoms with van der Waals surface area (Å²) in [7, 11) is -3.67. The second-order valence-corrected chi connectivity index (χ2v) is 6.60. The Hall–Kier alpha value is -0.800. The lowest BCUT2D eigenvalue weighted by molar-refractivity contribution is -0.137. The summed E-state index contributed by atoms with van der Waals surface area (Å²) >= 11 is 5.50. The van der Waals surface area contributed by atoms with E-state index in [1.54, 1.807) is 13.8 Å². The van der Waals surface area contributed by atoms with Gasteiger partial charge < -0.3 is 9.47 Å². The number of aromatic nitrogens is 2. The van der Waals surface area contributed by atoms with E-state index in [1.165, 1.54) is 0 Å². The molecule has 1 saturated heterocycles. The molecular formula is C10H14ClN3O4S. The van der Waals surface area contributed by atoms with Crippen LogP contribution >= 0.6 is 11.6 Å². The fourth-order valence-electron chi connectivity index (χ4n) is 1.59. The van der Waals surface area contributed by atoms with E-state index in [4.69, 9.17) is 21.1 Å². The van der Waals surface area contributed by atoms with Crippen LogP contribution in [0.4, 0.5) is 0 Å². The smallest absolute Gasteiger partial charge is 0.243 e. The zero-order valence-corrected chi connectivity index (χ0v) is 12.0. The van der Waals surface area contributed by atoms with Gasteiger partial charge in [0.05, 0.1) is 25.1 Å². The molecule has 1 aliphatic heterocycles. The van der Waals surface area contributed by atoms with Crippen LogP contribution < -0.4 is 4.72 Å². The third kappa shape index (κ3) is 3.83. The molecular weight excluding hydrogens is 294 g/mol. The second-order valence-electron chi connectivity index (χ2n) is 4.49. The first-order valence-electron chi connectivity index (χ1n) is 5.57. The van der Waals surface area contributed by atoms with Crippen LogP contribution in [-0.4, -0.2) is 43.4 Å². The Kier molecular flexibility index (Phi) is 4.07. The lowest BCUT2D eigenvalue weighted by Crippen LogP contribution is -2.34. The van der Waals surface area contributed by atoms with Gasteiger partial charge in [0.15, 0.2) is 5.79 Å². The van der Waals surface area contributed by atoms with E-state index in [0.717, 1.165) is 12.4 Å². The lowest BCUT2D eigenvalue weighted by atomic mass is 10.4. The largest absolute Gasteiger partial charge is 0.348 e. The molecule has 1 aromatic heterocycles. The monoisotopic (exact) mass is 307 g/mol. The predicted molar refractivity (Wildman–Crippen MR) is 67.1 cm³/mol. The van der Waals surface area contributed by atoms with Gasteiger partial charge >= 0.3 is 0 Å². The topological polar surface area (TPSA) is 90.4 Å². The number of halogens is 1. The fourth-order valence-corrected chi connectivity index (χ4v) is 2.64.